The number of rotatable bonds is 5. The number of aromatic nitrogens is 2. The Morgan fingerprint density at radius 2 is 1.82 bits per heavy atom. The molecular formula is C19H12N4O5. The van der Waals surface area contributed by atoms with Crippen molar-refractivity contribution in [2.24, 2.45) is 0 Å². The first-order chi connectivity index (χ1) is 13.6. The summed E-state index contributed by atoms with van der Waals surface area (Å²) in [7, 11) is 0. The van der Waals surface area contributed by atoms with Crippen LogP contribution in [0, 0.1) is 10.1 Å². The average molecular weight is 376 g/mol. The smallest absolute Gasteiger partial charge is 0.282 e. The van der Waals surface area contributed by atoms with Crippen LogP contribution in [0.3, 0.4) is 0 Å². The number of hydrogen-bond acceptors (Lipinski definition) is 7. The Balaban J connectivity index is 1.66. The SMILES string of the molecule is O=C(Nc1ccccc1-c1nc(-c2ccco2)no1)c1ccccc1[N+](=O)[O-]. The summed E-state index contributed by atoms with van der Waals surface area (Å²) in [5.41, 5.74) is 0.513. The normalized spacial score (nSPS) is 10.6. The third kappa shape index (κ3) is 3.23. The minimum Gasteiger partial charge on any atom is -0.461 e. The molecule has 0 saturated carbocycles. The fraction of sp³-hybridized carbons (Fsp3) is 0. The van der Waals surface area contributed by atoms with Crippen LogP contribution >= 0.6 is 0 Å². The van der Waals surface area contributed by atoms with Crippen LogP contribution in [-0.2, 0) is 0 Å². The summed E-state index contributed by atoms with van der Waals surface area (Å²) in [6.07, 6.45) is 1.49. The Hall–Kier alpha value is -4.27. The molecule has 1 amide bonds. The largest absolute Gasteiger partial charge is 0.461 e. The minimum atomic E-state index is -0.620. The molecular weight excluding hydrogens is 364 g/mol. The van der Waals surface area contributed by atoms with Crippen molar-refractivity contribution in [2.75, 3.05) is 5.32 Å². The molecule has 9 nitrogen and oxygen atoms in total. The topological polar surface area (TPSA) is 124 Å². The molecule has 2 aromatic carbocycles. The lowest BCUT2D eigenvalue weighted by Crippen LogP contribution is -2.14. The minimum absolute atomic E-state index is 0.0518. The molecule has 4 rings (SSSR count). The van der Waals surface area contributed by atoms with Crippen LogP contribution in [0.2, 0.25) is 0 Å². The van der Waals surface area contributed by atoms with E-state index in [1.54, 1.807) is 42.5 Å². The molecule has 0 bridgehead atoms. The molecule has 0 fully saturated rings. The Morgan fingerprint density at radius 1 is 1.04 bits per heavy atom. The van der Waals surface area contributed by atoms with E-state index in [-0.39, 0.29) is 23.0 Å². The van der Waals surface area contributed by atoms with Gasteiger partial charge in [0.1, 0.15) is 5.56 Å². The summed E-state index contributed by atoms with van der Waals surface area (Å²) in [6, 6.07) is 15.9. The van der Waals surface area contributed by atoms with Crippen molar-refractivity contribution in [3.8, 4) is 23.0 Å². The van der Waals surface area contributed by atoms with Crippen molar-refractivity contribution in [3.05, 3.63) is 82.6 Å². The van der Waals surface area contributed by atoms with E-state index in [4.69, 9.17) is 8.94 Å². The van der Waals surface area contributed by atoms with Crippen LogP contribution in [0.25, 0.3) is 23.0 Å². The maximum Gasteiger partial charge on any atom is 0.282 e. The predicted molar refractivity (Wildman–Crippen MR) is 98.5 cm³/mol. The van der Waals surface area contributed by atoms with Crippen molar-refractivity contribution < 1.29 is 18.7 Å². The molecule has 0 atom stereocenters. The second kappa shape index (κ2) is 7.16. The number of nitro groups is 1. The quantitative estimate of drug-likeness (QED) is 0.409. The number of anilines is 1. The van der Waals surface area contributed by atoms with Crippen molar-refractivity contribution in [1.82, 2.24) is 10.1 Å². The molecule has 138 valence electrons. The number of carbonyl (C=O) groups excluding carboxylic acids is 1. The summed E-state index contributed by atoms with van der Waals surface area (Å²) in [4.78, 5) is 27.5. The molecule has 2 heterocycles. The molecule has 0 radical (unpaired) electrons. The maximum absolute atomic E-state index is 12.6. The Bertz CT molecular complexity index is 1150. The van der Waals surface area contributed by atoms with E-state index in [1.165, 1.54) is 24.5 Å². The maximum atomic E-state index is 12.6. The average Bonchev–Trinajstić information content (AvgIpc) is 3.40. The van der Waals surface area contributed by atoms with Gasteiger partial charge in [-0.2, -0.15) is 4.98 Å². The first-order valence-corrected chi connectivity index (χ1v) is 8.15. The van der Waals surface area contributed by atoms with E-state index in [2.05, 4.69) is 15.5 Å². The number of para-hydroxylation sites is 2. The first-order valence-electron chi connectivity index (χ1n) is 8.15. The molecule has 2 aromatic heterocycles. The number of nitrogens with one attached hydrogen (secondary N) is 1. The molecule has 0 unspecified atom stereocenters. The van der Waals surface area contributed by atoms with Gasteiger partial charge in [-0.25, -0.2) is 0 Å². The van der Waals surface area contributed by atoms with Crippen molar-refractivity contribution in [1.29, 1.82) is 0 Å². The zero-order chi connectivity index (χ0) is 19.5. The van der Waals surface area contributed by atoms with Gasteiger partial charge in [0.25, 0.3) is 17.5 Å². The zero-order valence-electron chi connectivity index (χ0n) is 14.2. The molecule has 0 aliphatic rings. The lowest BCUT2D eigenvalue weighted by molar-refractivity contribution is -0.385. The van der Waals surface area contributed by atoms with E-state index in [9.17, 15) is 14.9 Å². The van der Waals surface area contributed by atoms with Crippen molar-refractivity contribution in [3.63, 3.8) is 0 Å². The summed E-state index contributed by atoms with van der Waals surface area (Å²) < 4.78 is 10.5. The second-order valence-corrected chi connectivity index (χ2v) is 5.67. The van der Waals surface area contributed by atoms with E-state index in [0.717, 1.165) is 0 Å². The van der Waals surface area contributed by atoms with Crippen LogP contribution in [0.4, 0.5) is 11.4 Å². The Labute approximate surface area is 157 Å². The first kappa shape index (κ1) is 17.2. The predicted octanol–water partition coefficient (Wildman–Crippen LogP) is 4.16. The van der Waals surface area contributed by atoms with Gasteiger partial charge in [-0.1, -0.05) is 29.4 Å². The Morgan fingerprint density at radius 3 is 2.61 bits per heavy atom. The van der Waals surface area contributed by atoms with Gasteiger partial charge in [0.15, 0.2) is 5.76 Å². The number of nitrogens with zero attached hydrogens (tertiary/aromatic N) is 3. The standard InChI is InChI=1S/C19H12N4O5/c24-18(13-7-2-4-9-15(13)23(25)26)20-14-8-3-1-6-12(14)19-21-17(22-28-19)16-10-5-11-27-16/h1-11H,(H,20,24). The van der Waals surface area contributed by atoms with Gasteiger partial charge >= 0.3 is 0 Å². The number of carbonyl (C=O) groups is 1. The van der Waals surface area contributed by atoms with Gasteiger partial charge in [-0.15, -0.1) is 0 Å². The van der Waals surface area contributed by atoms with E-state index in [1.807, 2.05) is 0 Å². The van der Waals surface area contributed by atoms with Crippen LogP contribution in [0.5, 0.6) is 0 Å². The van der Waals surface area contributed by atoms with Crippen LogP contribution < -0.4 is 5.32 Å². The monoisotopic (exact) mass is 376 g/mol. The van der Waals surface area contributed by atoms with Gasteiger partial charge in [-0.3, -0.25) is 14.9 Å². The zero-order valence-corrected chi connectivity index (χ0v) is 14.2. The van der Waals surface area contributed by atoms with Gasteiger partial charge in [-0.05, 0) is 30.3 Å². The van der Waals surface area contributed by atoms with E-state index >= 15 is 0 Å². The second-order valence-electron chi connectivity index (χ2n) is 5.67. The number of hydrogen-bond donors (Lipinski definition) is 1. The van der Waals surface area contributed by atoms with Crippen LogP contribution in [0.15, 0.2) is 75.9 Å². The molecule has 0 saturated heterocycles. The van der Waals surface area contributed by atoms with Gasteiger partial charge < -0.3 is 14.3 Å². The molecule has 4 aromatic rings. The number of amides is 1. The fourth-order valence-electron chi connectivity index (χ4n) is 2.63. The molecule has 0 aliphatic heterocycles. The highest BCUT2D eigenvalue weighted by molar-refractivity contribution is 6.08. The highest BCUT2D eigenvalue weighted by Gasteiger charge is 2.21. The third-order valence-corrected chi connectivity index (χ3v) is 3.92. The van der Waals surface area contributed by atoms with Crippen LogP contribution in [-0.4, -0.2) is 21.0 Å². The number of benzene rings is 2. The highest BCUT2D eigenvalue weighted by atomic mass is 16.6. The molecule has 0 spiro atoms. The molecule has 1 N–H and O–H groups in total. The highest BCUT2D eigenvalue weighted by Crippen LogP contribution is 2.29. The molecule has 9 heteroatoms. The summed E-state index contributed by atoms with van der Waals surface area (Å²) >= 11 is 0. The number of furan rings is 1. The lowest BCUT2D eigenvalue weighted by atomic mass is 10.1. The van der Waals surface area contributed by atoms with E-state index in [0.29, 0.717) is 17.0 Å². The van der Waals surface area contributed by atoms with E-state index < -0.39 is 10.8 Å². The fourth-order valence-corrected chi connectivity index (χ4v) is 2.63. The summed E-state index contributed by atoms with van der Waals surface area (Å²) in [5.74, 6) is 0.256. The van der Waals surface area contributed by atoms with Crippen LogP contribution in [0.1, 0.15) is 10.4 Å². The molecule has 0 aliphatic carbocycles. The van der Waals surface area contributed by atoms with Gasteiger partial charge in [0.05, 0.1) is 22.4 Å². The van der Waals surface area contributed by atoms with Gasteiger partial charge in [0.2, 0.25) is 5.82 Å². The van der Waals surface area contributed by atoms with Crippen molar-refractivity contribution in [2.45, 2.75) is 0 Å². The Kier molecular flexibility index (Phi) is 4.38. The summed E-state index contributed by atoms with van der Waals surface area (Å²) in [5, 5.41) is 17.7. The molecule has 28 heavy (non-hydrogen) atoms. The van der Waals surface area contributed by atoms with Gasteiger partial charge in [0, 0.05) is 6.07 Å². The summed E-state index contributed by atoms with van der Waals surface area (Å²) in [6.45, 7) is 0. The number of nitro benzene ring substituents is 1. The third-order valence-electron chi connectivity index (χ3n) is 3.92. The van der Waals surface area contributed by atoms with Crippen molar-refractivity contribution >= 4 is 17.3 Å². The lowest BCUT2D eigenvalue weighted by Gasteiger charge is -2.08.